The molecule has 0 bridgehead atoms. The van der Waals surface area contributed by atoms with Crippen LogP contribution in [0, 0.1) is 0 Å². The molecule has 3 nitrogen and oxygen atoms in total. The van der Waals surface area contributed by atoms with Crippen molar-refractivity contribution < 1.29 is 4.79 Å². The number of amides is 1. The molecule has 0 spiro atoms. The fourth-order valence-corrected chi connectivity index (χ4v) is 4.34. The summed E-state index contributed by atoms with van der Waals surface area (Å²) < 4.78 is 0. The minimum Gasteiger partial charge on any atom is -0.341 e. The Kier molecular flexibility index (Phi) is 7.82. The molecule has 0 saturated carbocycles. The molecule has 25 heavy (non-hydrogen) atoms. The molecule has 0 aliphatic carbocycles. The molecule has 1 amide bonds. The zero-order chi connectivity index (χ0) is 16.8. The first-order chi connectivity index (χ1) is 11.8. The first-order valence-corrected chi connectivity index (χ1v) is 9.52. The molecule has 3 rings (SSSR count). The van der Waals surface area contributed by atoms with E-state index in [2.05, 4.69) is 24.3 Å². The van der Waals surface area contributed by atoms with Crippen molar-refractivity contribution in [2.75, 3.05) is 25.4 Å². The number of carbonyl (C=O) groups is 1. The number of hydrogen-bond acceptors (Lipinski definition) is 3. The first kappa shape index (κ1) is 19.8. The lowest BCUT2D eigenvalue weighted by Gasteiger charge is -2.30. The Labute approximate surface area is 160 Å². The molecule has 0 aromatic heterocycles. The highest BCUT2D eigenvalue weighted by molar-refractivity contribution is 7.99. The minimum absolute atomic E-state index is 0. The first-order valence-electron chi connectivity index (χ1n) is 8.54. The predicted octanol–water partition coefficient (Wildman–Crippen LogP) is 3.72. The maximum Gasteiger partial charge on any atom is 0.230 e. The molecule has 1 heterocycles. The molecule has 0 fully saturated rings. The summed E-state index contributed by atoms with van der Waals surface area (Å²) >= 11 is 1.85. The van der Waals surface area contributed by atoms with Gasteiger partial charge in [-0.3, -0.25) is 4.79 Å². The molecule has 1 aliphatic rings. The van der Waals surface area contributed by atoms with Crippen LogP contribution in [0.5, 0.6) is 0 Å². The SMILES string of the molecule is Cl.NCCN(CCc1ccccc1)C(=O)C1CCSc2ccccc21. The molecule has 2 aromatic rings. The largest absolute Gasteiger partial charge is 0.341 e. The van der Waals surface area contributed by atoms with Crippen LogP contribution in [0.15, 0.2) is 59.5 Å². The van der Waals surface area contributed by atoms with Crippen LogP contribution in [0.25, 0.3) is 0 Å². The second-order valence-electron chi connectivity index (χ2n) is 6.08. The summed E-state index contributed by atoms with van der Waals surface area (Å²) in [4.78, 5) is 16.3. The number of fused-ring (bicyclic) bond motifs is 1. The van der Waals surface area contributed by atoms with E-state index in [0.29, 0.717) is 13.1 Å². The lowest BCUT2D eigenvalue weighted by atomic mass is 9.94. The second kappa shape index (κ2) is 9.85. The van der Waals surface area contributed by atoms with Gasteiger partial charge in [0.15, 0.2) is 0 Å². The van der Waals surface area contributed by atoms with Crippen LogP contribution in [0.3, 0.4) is 0 Å². The zero-order valence-electron chi connectivity index (χ0n) is 14.3. The molecule has 1 atom stereocenters. The van der Waals surface area contributed by atoms with E-state index in [1.807, 2.05) is 47.0 Å². The molecule has 1 aliphatic heterocycles. The van der Waals surface area contributed by atoms with Crippen molar-refractivity contribution in [3.05, 3.63) is 65.7 Å². The van der Waals surface area contributed by atoms with Crippen LogP contribution >= 0.6 is 24.2 Å². The van der Waals surface area contributed by atoms with E-state index in [0.717, 1.165) is 25.1 Å². The van der Waals surface area contributed by atoms with E-state index in [-0.39, 0.29) is 24.2 Å². The summed E-state index contributed by atoms with van der Waals surface area (Å²) in [5.74, 6) is 1.21. The van der Waals surface area contributed by atoms with Crippen molar-refractivity contribution in [1.82, 2.24) is 4.90 Å². The highest BCUT2D eigenvalue weighted by Crippen LogP contribution is 2.38. The standard InChI is InChI=1S/C20H24N2OS.ClH/c21-12-14-22(13-10-16-6-2-1-3-7-16)20(23)18-11-15-24-19-9-5-4-8-17(18)19;/h1-9,18H,10-15,21H2;1H. The van der Waals surface area contributed by atoms with Gasteiger partial charge in [-0.05, 0) is 35.8 Å². The summed E-state index contributed by atoms with van der Waals surface area (Å²) in [5.41, 5.74) is 8.20. The van der Waals surface area contributed by atoms with Crippen molar-refractivity contribution in [1.29, 1.82) is 0 Å². The number of carbonyl (C=O) groups excluding carboxylic acids is 1. The minimum atomic E-state index is -0.0234. The van der Waals surface area contributed by atoms with Crippen molar-refractivity contribution in [3.63, 3.8) is 0 Å². The highest BCUT2D eigenvalue weighted by Gasteiger charge is 2.29. The van der Waals surface area contributed by atoms with Gasteiger partial charge >= 0.3 is 0 Å². The third-order valence-corrected chi connectivity index (χ3v) is 5.60. The quantitative estimate of drug-likeness (QED) is 0.835. The average Bonchev–Trinajstić information content (AvgIpc) is 2.65. The number of halogens is 1. The van der Waals surface area contributed by atoms with E-state index in [9.17, 15) is 4.79 Å². The average molecular weight is 377 g/mol. The van der Waals surface area contributed by atoms with Crippen LogP contribution in [0.2, 0.25) is 0 Å². The van der Waals surface area contributed by atoms with Gasteiger partial charge < -0.3 is 10.6 Å². The van der Waals surface area contributed by atoms with Crippen molar-refractivity contribution >= 4 is 30.1 Å². The van der Waals surface area contributed by atoms with E-state index in [4.69, 9.17) is 5.73 Å². The van der Waals surface area contributed by atoms with Gasteiger partial charge in [0.05, 0.1) is 5.92 Å². The molecule has 2 N–H and O–H groups in total. The molecule has 1 unspecified atom stereocenters. The van der Waals surface area contributed by atoms with Crippen molar-refractivity contribution in [2.45, 2.75) is 23.7 Å². The Morgan fingerprint density at radius 3 is 2.56 bits per heavy atom. The lowest BCUT2D eigenvalue weighted by Crippen LogP contribution is -2.40. The monoisotopic (exact) mass is 376 g/mol. The Bertz CT molecular complexity index is 680. The summed E-state index contributed by atoms with van der Waals surface area (Å²) in [6.45, 7) is 1.85. The van der Waals surface area contributed by atoms with E-state index in [1.165, 1.54) is 16.0 Å². The summed E-state index contributed by atoms with van der Waals surface area (Å²) in [7, 11) is 0. The van der Waals surface area contributed by atoms with Crippen molar-refractivity contribution in [3.8, 4) is 0 Å². The predicted molar refractivity (Wildman–Crippen MR) is 108 cm³/mol. The van der Waals surface area contributed by atoms with Crippen LogP contribution < -0.4 is 5.73 Å². The molecule has 5 heteroatoms. The third-order valence-electron chi connectivity index (χ3n) is 4.48. The van der Waals surface area contributed by atoms with Gasteiger partial charge in [0.1, 0.15) is 0 Å². The molecular formula is C20H25ClN2OS. The topological polar surface area (TPSA) is 46.3 Å². The van der Waals surface area contributed by atoms with E-state index in [1.54, 1.807) is 0 Å². The van der Waals surface area contributed by atoms with Crippen LogP contribution in [-0.4, -0.2) is 36.2 Å². The Balaban J connectivity index is 0.00000225. The second-order valence-corrected chi connectivity index (χ2v) is 7.21. The van der Waals surface area contributed by atoms with Crippen molar-refractivity contribution in [2.24, 2.45) is 5.73 Å². The number of rotatable bonds is 6. The molecule has 0 saturated heterocycles. The molecule has 134 valence electrons. The molecule has 2 aromatic carbocycles. The number of benzene rings is 2. The molecular weight excluding hydrogens is 352 g/mol. The fourth-order valence-electron chi connectivity index (χ4n) is 3.22. The Morgan fingerprint density at radius 1 is 1.08 bits per heavy atom. The molecule has 0 radical (unpaired) electrons. The number of nitrogens with two attached hydrogens (primary N) is 1. The maximum atomic E-state index is 13.1. The number of nitrogens with zero attached hydrogens (tertiary/aromatic N) is 1. The fraction of sp³-hybridized carbons (Fsp3) is 0.350. The third kappa shape index (κ3) is 5.00. The van der Waals surface area contributed by atoms with Gasteiger partial charge in [0, 0.05) is 24.5 Å². The van der Waals surface area contributed by atoms with Crippen LogP contribution in [0.1, 0.15) is 23.5 Å². The van der Waals surface area contributed by atoms with Gasteiger partial charge in [-0.15, -0.1) is 24.2 Å². The van der Waals surface area contributed by atoms with E-state index < -0.39 is 0 Å². The van der Waals surface area contributed by atoms with Gasteiger partial charge in [0.2, 0.25) is 5.91 Å². The lowest BCUT2D eigenvalue weighted by molar-refractivity contribution is -0.132. The number of hydrogen-bond donors (Lipinski definition) is 1. The number of thioether (sulfide) groups is 1. The van der Waals surface area contributed by atoms with Gasteiger partial charge in [-0.2, -0.15) is 0 Å². The summed E-state index contributed by atoms with van der Waals surface area (Å²) in [6, 6.07) is 18.6. The summed E-state index contributed by atoms with van der Waals surface area (Å²) in [6.07, 6.45) is 1.78. The summed E-state index contributed by atoms with van der Waals surface area (Å²) in [5, 5.41) is 0. The van der Waals surface area contributed by atoms with Gasteiger partial charge in [-0.25, -0.2) is 0 Å². The Morgan fingerprint density at radius 2 is 1.80 bits per heavy atom. The van der Waals surface area contributed by atoms with Gasteiger partial charge in [0.25, 0.3) is 0 Å². The van der Waals surface area contributed by atoms with Crippen LogP contribution in [-0.2, 0) is 11.2 Å². The maximum absolute atomic E-state index is 13.1. The Hall–Kier alpha value is -1.49. The van der Waals surface area contributed by atoms with Crippen LogP contribution in [0.4, 0.5) is 0 Å². The van der Waals surface area contributed by atoms with E-state index >= 15 is 0 Å². The normalized spacial score (nSPS) is 15.8. The zero-order valence-corrected chi connectivity index (χ0v) is 15.9. The van der Waals surface area contributed by atoms with Gasteiger partial charge in [-0.1, -0.05) is 48.5 Å². The highest BCUT2D eigenvalue weighted by atomic mass is 35.5. The smallest absolute Gasteiger partial charge is 0.230 e.